The third-order valence-corrected chi connectivity index (χ3v) is 2.42. The zero-order valence-electron chi connectivity index (χ0n) is 13.0. The van der Waals surface area contributed by atoms with Gasteiger partial charge in [-0.3, -0.25) is 4.99 Å². The largest absolute Gasteiger partial charge is 0.497 e. The predicted molar refractivity (Wildman–Crippen MR) is 82.7 cm³/mol. The summed E-state index contributed by atoms with van der Waals surface area (Å²) in [4.78, 5) is 4.16. The molecule has 0 fully saturated rings. The lowest BCUT2D eigenvalue weighted by molar-refractivity contribution is 0.318. The Morgan fingerprint density at radius 1 is 1.25 bits per heavy atom. The lowest BCUT2D eigenvalue weighted by Gasteiger charge is -2.23. The highest BCUT2D eigenvalue weighted by Gasteiger charge is 2.11. The van der Waals surface area contributed by atoms with Crippen LogP contribution in [0.5, 0.6) is 11.5 Å². The molecular weight excluding hydrogens is 254 g/mol. The zero-order chi connectivity index (χ0) is 15.0. The Morgan fingerprint density at radius 2 is 1.95 bits per heavy atom. The van der Waals surface area contributed by atoms with Gasteiger partial charge in [-0.05, 0) is 32.9 Å². The van der Waals surface area contributed by atoms with Gasteiger partial charge < -0.3 is 20.1 Å². The summed E-state index contributed by atoms with van der Waals surface area (Å²) in [6, 6.07) is 7.56. The highest BCUT2D eigenvalue weighted by atomic mass is 16.5. The summed E-state index contributed by atoms with van der Waals surface area (Å²) >= 11 is 0. The van der Waals surface area contributed by atoms with E-state index in [0.717, 1.165) is 17.5 Å². The molecule has 0 amide bonds. The van der Waals surface area contributed by atoms with Crippen LogP contribution in [0.1, 0.15) is 20.8 Å². The van der Waals surface area contributed by atoms with Gasteiger partial charge in [0.1, 0.15) is 18.1 Å². The molecule has 0 atom stereocenters. The highest BCUT2D eigenvalue weighted by molar-refractivity contribution is 5.80. The number of ether oxygens (including phenoxy) is 2. The fourth-order valence-corrected chi connectivity index (χ4v) is 1.56. The first-order chi connectivity index (χ1) is 9.44. The summed E-state index contributed by atoms with van der Waals surface area (Å²) in [5.74, 6) is 2.36. The summed E-state index contributed by atoms with van der Waals surface area (Å²) in [5, 5.41) is 6.49. The van der Waals surface area contributed by atoms with Crippen LogP contribution < -0.4 is 20.1 Å². The zero-order valence-corrected chi connectivity index (χ0v) is 13.0. The van der Waals surface area contributed by atoms with Crippen molar-refractivity contribution >= 4 is 5.96 Å². The van der Waals surface area contributed by atoms with Crippen molar-refractivity contribution in [2.45, 2.75) is 26.3 Å². The quantitative estimate of drug-likeness (QED) is 0.492. The molecule has 5 nitrogen and oxygen atoms in total. The van der Waals surface area contributed by atoms with Crippen molar-refractivity contribution in [2.75, 3.05) is 27.3 Å². The van der Waals surface area contributed by atoms with E-state index in [4.69, 9.17) is 9.47 Å². The smallest absolute Gasteiger partial charge is 0.191 e. The lowest BCUT2D eigenvalue weighted by Crippen LogP contribution is -2.48. The van der Waals surface area contributed by atoms with Gasteiger partial charge in [0.05, 0.1) is 13.7 Å². The third kappa shape index (κ3) is 6.31. The average Bonchev–Trinajstić information content (AvgIpc) is 2.41. The second-order valence-corrected chi connectivity index (χ2v) is 5.40. The Balaban J connectivity index is 2.33. The molecule has 0 radical (unpaired) electrons. The normalized spacial score (nSPS) is 11.9. The van der Waals surface area contributed by atoms with Gasteiger partial charge >= 0.3 is 0 Å². The van der Waals surface area contributed by atoms with Crippen LogP contribution in [0.25, 0.3) is 0 Å². The van der Waals surface area contributed by atoms with E-state index in [2.05, 4.69) is 36.4 Å². The fourth-order valence-electron chi connectivity index (χ4n) is 1.56. The van der Waals surface area contributed by atoms with E-state index >= 15 is 0 Å². The molecule has 1 rings (SSSR count). The van der Waals surface area contributed by atoms with Gasteiger partial charge in [0.2, 0.25) is 0 Å². The maximum Gasteiger partial charge on any atom is 0.191 e. The van der Waals surface area contributed by atoms with Crippen LogP contribution in [0, 0.1) is 0 Å². The second kappa shape index (κ2) is 7.62. The van der Waals surface area contributed by atoms with Gasteiger partial charge in [-0.15, -0.1) is 0 Å². The molecule has 1 aromatic rings. The van der Waals surface area contributed by atoms with Crippen molar-refractivity contribution in [3.05, 3.63) is 24.3 Å². The van der Waals surface area contributed by atoms with Crippen LogP contribution in [0.3, 0.4) is 0 Å². The molecular formula is C15H25N3O2. The number of aliphatic imine (C=N–C) groups is 1. The Morgan fingerprint density at radius 3 is 2.55 bits per heavy atom. The van der Waals surface area contributed by atoms with Gasteiger partial charge in [-0.1, -0.05) is 6.07 Å². The minimum absolute atomic E-state index is 0.0184. The molecule has 0 heterocycles. The summed E-state index contributed by atoms with van der Waals surface area (Å²) in [6.07, 6.45) is 0. The third-order valence-electron chi connectivity index (χ3n) is 2.42. The summed E-state index contributed by atoms with van der Waals surface area (Å²) in [5.41, 5.74) is -0.0184. The second-order valence-electron chi connectivity index (χ2n) is 5.40. The Labute approximate surface area is 121 Å². The first kappa shape index (κ1) is 16.1. The first-order valence-corrected chi connectivity index (χ1v) is 6.70. The van der Waals surface area contributed by atoms with Crippen molar-refractivity contribution in [1.29, 1.82) is 0 Å². The van der Waals surface area contributed by atoms with Crippen LogP contribution in [0.15, 0.2) is 29.3 Å². The molecule has 0 aromatic heterocycles. The molecule has 0 aliphatic carbocycles. The number of guanidine groups is 1. The van der Waals surface area contributed by atoms with Crippen LogP contribution in [-0.2, 0) is 0 Å². The molecule has 0 saturated heterocycles. The number of hydrogen-bond acceptors (Lipinski definition) is 3. The summed E-state index contributed by atoms with van der Waals surface area (Å²) < 4.78 is 10.8. The van der Waals surface area contributed by atoms with Crippen molar-refractivity contribution < 1.29 is 9.47 Å². The van der Waals surface area contributed by atoms with Crippen LogP contribution in [0.2, 0.25) is 0 Å². The number of methoxy groups -OCH3 is 1. The van der Waals surface area contributed by atoms with Crippen LogP contribution in [0.4, 0.5) is 0 Å². The van der Waals surface area contributed by atoms with Crippen molar-refractivity contribution in [3.8, 4) is 11.5 Å². The molecule has 0 saturated carbocycles. The number of nitrogens with one attached hydrogen (secondary N) is 2. The summed E-state index contributed by atoms with van der Waals surface area (Å²) in [6.45, 7) is 7.50. The summed E-state index contributed by atoms with van der Waals surface area (Å²) in [7, 11) is 3.40. The Hall–Kier alpha value is -1.91. The lowest BCUT2D eigenvalue weighted by atomic mass is 10.1. The number of hydrogen-bond donors (Lipinski definition) is 2. The molecule has 5 heteroatoms. The van der Waals surface area contributed by atoms with Crippen molar-refractivity contribution in [2.24, 2.45) is 4.99 Å². The molecule has 0 aliphatic heterocycles. The van der Waals surface area contributed by atoms with Gasteiger partial charge in [0.15, 0.2) is 5.96 Å². The Bertz CT molecular complexity index is 439. The fraction of sp³-hybridized carbons (Fsp3) is 0.533. The van der Waals surface area contributed by atoms with Gasteiger partial charge in [0, 0.05) is 18.7 Å². The molecule has 0 unspecified atom stereocenters. The van der Waals surface area contributed by atoms with E-state index in [-0.39, 0.29) is 5.54 Å². The topological polar surface area (TPSA) is 54.9 Å². The van der Waals surface area contributed by atoms with E-state index in [0.29, 0.717) is 13.2 Å². The van der Waals surface area contributed by atoms with E-state index in [1.165, 1.54) is 0 Å². The van der Waals surface area contributed by atoms with Crippen LogP contribution >= 0.6 is 0 Å². The van der Waals surface area contributed by atoms with Crippen molar-refractivity contribution in [1.82, 2.24) is 10.6 Å². The standard InChI is InChI=1S/C15H25N3O2/c1-15(2,3)18-14(16-4)17-9-10-20-13-8-6-7-12(11-13)19-5/h6-8,11H,9-10H2,1-5H3,(H2,16,17,18). The predicted octanol–water partition coefficient (Wildman–Crippen LogP) is 2.04. The minimum Gasteiger partial charge on any atom is -0.497 e. The minimum atomic E-state index is -0.0184. The van der Waals surface area contributed by atoms with Crippen molar-refractivity contribution in [3.63, 3.8) is 0 Å². The molecule has 112 valence electrons. The SMILES string of the molecule is CN=C(NCCOc1cccc(OC)c1)NC(C)(C)C. The maximum atomic E-state index is 5.65. The maximum absolute atomic E-state index is 5.65. The monoisotopic (exact) mass is 279 g/mol. The molecule has 1 aromatic carbocycles. The molecule has 0 bridgehead atoms. The number of nitrogens with zero attached hydrogens (tertiary/aromatic N) is 1. The molecule has 2 N–H and O–H groups in total. The van der Waals surface area contributed by atoms with E-state index in [1.54, 1.807) is 14.2 Å². The van der Waals surface area contributed by atoms with Gasteiger partial charge in [0.25, 0.3) is 0 Å². The van der Waals surface area contributed by atoms with E-state index < -0.39 is 0 Å². The van der Waals surface area contributed by atoms with E-state index in [1.807, 2.05) is 24.3 Å². The first-order valence-electron chi connectivity index (χ1n) is 6.70. The number of benzene rings is 1. The van der Waals surface area contributed by atoms with Crippen LogP contribution in [-0.4, -0.2) is 38.8 Å². The van der Waals surface area contributed by atoms with E-state index in [9.17, 15) is 0 Å². The molecule has 0 spiro atoms. The van der Waals surface area contributed by atoms with Gasteiger partial charge in [-0.25, -0.2) is 0 Å². The average molecular weight is 279 g/mol. The molecule has 20 heavy (non-hydrogen) atoms. The highest BCUT2D eigenvalue weighted by Crippen LogP contribution is 2.18. The Kier molecular flexibility index (Phi) is 6.15. The van der Waals surface area contributed by atoms with Gasteiger partial charge in [-0.2, -0.15) is 0 Å². The number of rotatable bonds is 5. The molecule has 0 aliphatic rings.